The summed E-state index contributed by atoms with van der Waals surface area (Å²) in [4.78, 5) is 26.3. The first kappa shape index (κ1) is 17.0. The predicted molar refractivity (Wildman–Crippen MR) is 94.5 cm³/mol. The van der Waals surface area contributed by atoms with Crippen LogP contribution in [0.15, 0.2) is 29.1 Å². The van der Waals surface area contributed by atoms with Crippen LogP contribution in [-0.4, -0.2) is 38.7 Å². The molecule has 4 rings (SSSR count). The highest BCUT2D eigenvalue weighted by atomic mass is 19.1. The Hall–Kier alpha value is -2.44. The normalized spacial score (nSPS) is 18.3. The van der Waals surface area contributed by atoms with Crippen molar-refractivity contribution >= 4 is 5.91 Å². The van der Waals surface area contributed by atoms with E-state index in [-0.39, 0.29) is 11.6 Å². The zero-order valence-corrected chi connectivity index (χ0v) is 14.7. The molecule has 2 aliphatic rings. The van der Waals surface area contributed by atoms with Gasteiger partial charge in [0, 0.05) is 25.9 Å². The number of rotatable bonds is 5. The van der Waals surface area contributed by atoms with Crippen molar-refractivity contribution < 1.29 is 9.18 Å². The molecule has 2 fully saturated rings. The molecule has 26 heavy (non-hydrogen) atoms. The summed E-state index contributed by atoms with van der Waals surface area (Å²) in [5, 5.41) is 6.54. The van der Waals surface area contributed by atoms with E-state index in [9.17, 15) is 14.0 Å². The summed E-state index contributed by atoms with van der Waals surface area (Å²) in [6.07, 6.45) is 5.43. The minimum atomic E-state index is -0.447. The molecule has 0 radical (unpaired) electrons. The molecule has 0 spiro atoms. The summed E-state index contributed by atoms with van der Waals surface area (Å²) in [6.45, 7) is 1.51. The first-order valence-electron chi connectivity index (χ1n) is 9.31. The van der Waals surface area contributed by atoms with Crippen LogP contribution in [0.2, 0.25) is 0 Å². The maximum Gasteiger partial charge on any atom is 0.348 e. The Morgan fingerprint density at radius 3 is 2.58 bits per heavy atom. The lowest BCUT2D eigenvalue weighted by atomic mass is 9.93. The predicted octanol–water partition coefficient (Wildman–Crippen LogP) is 2.28. The van der Waals surface area contributed by atoms with Crippen LogP contribution in [0, 0.1) is 17.7 Å². The van der Waals surface area contributed by atoms with Crippen LogP contribution in [0.3, 0.4) is 0 Å². The molecule has 6 nitrogen and oxygen atoms in total. The van der Waals surface area contributed by atoms with Crippen LogP contribution >= 0.6 is 0 Å². The molecule has 1 aromatic heterocycles. The molecule has 1 N–H and O–H groups in total. The van der Waals surface area contributed by atoms with Crippen LogP contribution in [0.1, 0.15) is 37.9 Å². The standard InChI is InChI=1S/C19H23FN4O2/c20-15-3-1-2-4-16(15)24-17(21-22-19(24)26)11-14-7-9-23(10-8-14)18(25)12-13-5-6-13/h1-4,13-14H,5-12H2,(H,22,26). The van der Waals surface area contributed by atoms with E-state index in [1.807, 2.05) is 4.90 Å². The van der Waals surface area contributed by atoms with Crippen molar-refractivity contribution in [2.24, 2.45) is 11.8 Å². The number of carbonyl (C=O) groups excluding carboxylic acids is 1. The van der Waals surface area contributed by atoms with Crippen molar-refractivity contribution in [3.05, 3.63) is 46.4 Å². The van der Waals surface area contributed by atoms with E-state index in [0.29, 0.717) is 30.5 Å². The third-order valence-corrected chi connectivity index (χ3v) is 5.43. The summed E-state index contributed by atoms with van der Waals surface area (Å²) in [5.41, 5.74) is -0.208. The molecule has 1 saturated carbocycles. The fourth-order valence-corrected chi connectivity index (χ4v) is 3.69. The molecule has 1 aliphatic carbocycles. The van der Waals surface area contributed by atoms with E-state index in [0.717, 1.165) is 25.9 Å². The Morgan fingerprint density at radius 1 is 1.15 bits per heavy atom. The molecule has 2 heterocycles. The Kier molecular flexibility index (Phi) is 4.61. The number of halogens is 1. The van der Waals surface area contributed by atoms with Gasteiger partial charge >= 0.3 is 5.69 Å². The summed E-state index contributed by atoms with van der Waals surface area (Å²) < 4.78 is 15.4. The van der Waals surface area contributed by atoms with Gasteiger partial charge in [0.2, 0.25) is 5.91 Å². The van der Waals surface area contributed by atoms with Gasteiger partial charge < -0.3 is 4.90 Å². The van der Waals surface area contributed by atoms with Gasteiger partial charge in [-0.2, -0.15) is 5.10 Å². The van der Waals surface area contributed by atoms with E-state index in [4.69, 9.17) is 0 Å². The Balaban J connectivity index is 1.42. The number of piperidine rings is 1. The van der Waals surface area contributed by atoms with Gasteiger partial charge in [-0.15, -0.1) is 0 Å². The molecule has 7 heteroatoms. The van der Waals surface area contributed by atoms with Crippen molar-refractivity contribution in [1.29, 1.82) is 0 Å². The molecular weight excluding hydrogens is 335 g/mol. The highest BCUT2D eigenvalue weighted by Gasteiger charge is 2.29. The molecule has 1 aliphatic heterocycles. The van der Waals surface area contributed by atoms with Gasteiger partial charge in [0.25, 0.3) is 0 Å². The zero-order chi connectivity index (χ0) is 18.1. The lowest BCUT2D eigenvalue weighted by molar-refractivity contribution is -0.132. The Bertz CT molecular complexity index is 847. The summed E-state index contributed by atoms with van der Waals surface area (Å²) >= 11 is 0. The zero-order valence-electron chi connectivity index (χ0n) is 14.7. The smallest absolute Gasteiger partial charge is 0.343 e. The van der Waals surface area contributed by atoms with Crippen molar-refractivity contribution in [1.82, 2.24) is 19.7 Å². The maximum absolute atomic E-state index is 14.1. The minimum Gasteiger partial charge on any atom is -0.343 e. The molecule has 0 unspecified atom stereocenters. The van der Waals surface area contributed by atoms with Gasteiger partial charge in [0.05, 0.1) is 5.69 Å². The quantitative estimate of drug-likeness (QED) is 0.891. The molecular formula is C19H23FN4O2. The number of aromatic nitrogens is 3. The average molecular weight is 358 g/mol. The van der Waals surface area contributed by atoms with E-state index in [2.05, 4.69) is 10.2 Å². The third kappa shape index (κ3) is 3.57. The third-order valence-electron chi connectivity index (χ3n) is 5.43. The topological polar surface area (TPSA) is 71.0 Å². The lowest BCUT2D eigenvalue weighted by Gasteiger charge is -2.32. The number of hydrogen-bond acceptors (Lipinski definition) is 3. The van der Waals surface area contributed by atoms with E-state index < -0.39 is 11.5 Å². The first-order valence-corrected chi connectivity index (χ1v) is 9.31. The van der Waals surface area contributed by atoms with Gasteiger partial charge in [-0.3, -0.25) is 4.79 Å². The molecule has 2 aromatic rings. The van der Waals surface area contributed by atoms with Crippen molar-refractivity contribution in [3.8, 4) is 5.69 Å². The molecule has 0 atom stereocenters. The van der Waals surface area contributed by atoms with Crippen LogP contribution in [0.5, 0.6) is 0 Å². The van der Waals surface area contributed by atoms with Crippen LogP contribution in [-0.2, 0) is 11.2 Å². The number of carbonyl (C=O) groups is 1. The molecule has 1 saturated heterocycles. The Morgan fingerprint density at radius 2 is 1.88 bits per heavy atom. The number of nitrogens with one attached hydrogen (secondary N) is 1. The van der Waals surface area contributed by atoms with Gasteiger partial charge in [-0.1, -0.05) is 12.1 Å². The number of aromatic amines is 1. The summed E-state index contributed by atoms with van der Waals surface area (Å²) in [7, 11) is 0. The van der Waals surface area contributed by atoms with Crippen molar-refractivity contribution in [2.75, 3.05) is 13.1 Å². The number of H-pyrrole nitrogens is 1. The number of amides is 1. The van der Waals surface area contributed by atoms with Crippen molar-refractivity contribution in [3.63, 3.8) is 0 Å². The van der Waals surface area contributed by atoms with Gasteiger partial charge in [0.1, 0.15) is 11.6 Å². The minimum absolute atomic E-state index is 0.221. The number of likely N-dealkylation sites (tertiary alicyclic amines) is 1. The number of benzene rings is 1. The van der Waals surface area contributed by atoms with Crippen LogP contribution < -0.4 is 5.69 Å². The molecule has 1 aromatic carbocycles. The average Bonchev–Trinajstić information content (AvgIpc) is 3.39. The van der Waals surface area contributed by atoms with Gasteiger partial charge in [0.15, 0.2) is 0 Å². The van der Waals surface area contributed by atoms with Crippen molar-refractivity contribution in [2.45, 2.75) is 38.5 Å². The monoisotopic (exact) mass is 358 g/mol. The summed E-state index contributed by atoms with van der Waals surface area (Å²) in [6, 6.07) is 6.21. The van der Waals surface area contributed by atoms with Gasteiger partial charge in [-0.05, 0) is 49.7 Å². The van der Waals surface area contributed by atoms with E-state index in [1.165, 1.54) is 23.5 Å². The largest absolute Gasteiger partial charge is 0.348 e. The SMILES string of the molecule is O=C(CC1CC1)N1CCC(Cc2n[nH]c(=O)n2-c2ccccc2F)CC1. The molecule has 1 amide bonds. The Labute approximate surface area is 151 Å². The highest BCUT2D eigenvalue weighted by Crippen LogP contribution is 2.33. The number of para-hydroxylation sites is 1. The second-order valence-electron chi connectivity index (χ2n) is 7.41. The van der Waals surface area contributed by atoms with E-state index >= 15 is 0 Å². The molecule has 0 bridgehead atoms. The first-order chi connectivity index (χ1) is 12.6. The second kappa shape index (κ2) is 7.05. The highest BCUT2D eigenvalue weighted by molar-refractivity contribution is 5.76. The van der Waals surface area contributed by atoms with Crippen LogP contribution in [0.4, 0.5) is 4.39 Å². The van der Waals surface area contributed by atoms with E-state index in [1.54, 1.807) is 18.2 Å². The fourth-order valence-electron chi connectivity index (χ4n) is 3.69. The lowest BCUT2D eigenvalue weighted by Crippen LogP contribution is -2.39. The number of nitrogens with zero attached hydrogens (tertiary/aromatic N) is 3. The second-order valence-corrected chi connectivity index (χ2v) is 7.41. The number of hydrogen-bond donors (Lipinski definition) is 1. The van der Waals surface area contributed by atoms with Crippen LogP contribution in [0.25, 0.3) is 5.69 Å². The fraction of sp³-hybridized carbons (Fsp3) is 0.526. The van der Waals surface area contributed by atoms with Gasteiger partial charge in [-0.25, -0.2) is 18.9 Å². The maximum atomic E-state index is 14.1. The molecule has 138 valence electrons. The summed E-state index contributed by atoms with van der Waals surface area (Å²) in [5.74, 6) is 1.31.